The summed E-state index contributed by atoms with van der Waals surface area (Å²) in [5.41, 5.74) is -0.405. The van der Waals surface area contributed by atoms with E-state index in [4.69, 9.17) is 9.47 Å². The van der Waals surface area contributed by atoms with Gasteiger partial charge in [0.15, 0.2) is 0 Å². The Balaban J connectivity index is 1.67. The first-order valence-electron chi connectivity index (χ1n) is 6.76. The number of amides is 1. The molecule has 18 heavy (non-hydrogen) atoms. The normalized spacial score (nSPS) is 25.1. The number of hydrogen-bond acceptors (Lipinski definition) is 4. The van der Waals surface area contributed by atoms with Gasteiger partial charge in [0.05, 0.1) is 12.7 Å². The average Bonchev–Trinajstić information content (AvgIpc) is 3.08. The molecule has 2 rings (SSSR count). The Hall–Kier alpha value is -0.810. The van der Waals surface area contributed by atoms with E-state index in [2.05, 4.69) is 4.90 Å². The molecule has 0 radical (unpaired) electrons. The zero-order valence-electron chi connectivity index (χ0n) is 11.6. The van der Waals surface area contributed by atoms with Gasteiger partial charge in [0.1, 0.15) is 5.60 Å². The molecule has 2 heterocycles. The molecule has 0 aromatic carbocycles. The summed E-state index contributed by atoms with van der Waals surface area (Å²) in [7, 11) is 0. The first-order chi connectivity index (χ1) is 8.44. The molecule has 0 aromatic heterocycles. The second-order valence-corrected chi connectivity index (χ2v) is 6.05. The van der Waals surface area contributed by atoms with Crippen molar-refractivity contribution in [1.29, 1.82) is 0 Å². The highest BCUT2D eigenvalue weighted by Crippen LogP contribution is 2.15. The minimum absolute atomic E-state index is 0.187. The highest BCUT2D eigenvalue weighted by atomic mass is 16.6. The average molecular weight is 256 g/mol. The van der Waals surface area contributed by atoms with E-state index in [0.717, 1.165) is 45.8 Å². The molecule has 2 aliphatic rings. The lowest BCUT2D eigenvalue weighted by Gasteiger charge is -2.35. The molecule has 0 aromatic rings. The summed E-state index contributed by atoms with van der Waals surface area (Å²) in [4.78, 5) is 16.1. The van der Waals surface area contributed by atoms with Crippen molar-refractivity contribution in [3.05, 3.63) is 0 Å². The number of epoxide rings is 1. The van der Waals surface area contributed by atoms with E-state index in [9.17, 15) is 4.79 Å². The third kappa shape index (κ3) is 4.46. The fraction of sp³-hybridized carbons (Fsp3) is 0.923. The standard InChI is InChI=1S/C13H24N2O3/c1-13(2,3)18-12(16)15-8-6-14(7-9-15)5-4-11-10-17-11/h11H,4-10H2,1-3H3/t11-/m1/s1. The van der Waals surface area contributed by atoms with Crippen molar-refractivity contribution in [1.82, 2.24) is 9.80 Å². The highest BCUT2D eigenvalue weighted by molar-refractivity contribution is 5.68. The summed E-state index contributed by atoms with van der Waals surface area (Å²) in [5.74, 6) is 0. The number of carbonyl (C=O) groups excluding carboxylic acids is 1. The van der Waals surface area contributed by atoms with Crippen LogP contribution in [0.3, 0.4) is 0 Å². The van der Waals surface area contributed by atoms with E-state index in [1.165, 1.54) is 0 Å². The number of hydrogen-bond donors (Lipinski definition) is 0. The molecular formula is C13H24N2O3. The van der Waals surface area contributed by atoms with Crippen LogP contribution in [-0.2, 0) is 9.47 Å². The van der Waals surface area contributed by atoms with Crippen LogP contribution < -0.4 is 0 Å². The first kappa shape index (κ1) is 13.6. The molecule has 0 N–H and O–H groups in total. The molecule has 0 unspecified atom stereocenters. The summed E-state index contributed by atoms with van der Waals surface area (Å²) in [6.07, 6.45) is 1.42. The molecule has 2 aliphatic heterocycles. The van der Waals surface area contributed by atoms with Crippen molar-refractivity contribution in [3.8, 4) is 0 Å². The molecule has 1 atom stereocenters. The lowest BCUT2D eigenvalue weighted by Crippen LogP contribution is -2.50. The van der Waals surface area contributed by atoms with Crippen LogP contribution in [0.4, 0.5) is 4.79 Å². The van der Waals surface area contributed by atoms with Crippen LogP contribution in [-0.4, -0.2) is 66.9 Å². The molecule has 5 nitrogen and oxygen atoms in total. The van der Waals surface area contributed by atoms with Gasteiger partial charge in [-0.3, -0.25) is 4.90 Å². The number of carbonyl (C=O) groups is 1. The second kappa shape index (κ2) is 5.45. The maximum atomic E-state index is 11.9. The molecule has 5 heteroatoms. The van der Waals surface area contributed by atoms with Crippen LogP contribution in [0.25, 0.3) is 0 Å². The summed E-state index contributed by atoms with van der Waals surface area (Å²) in [6.45, 7) is 11.1. The molecule has 0 bridgehead atoms. The SMILES string of the molecule is CC(C)(C)OC(=O)N1CCN(CC[C@@H]2CO2)CC1. The Morgan fingerprint density at radius 3 is 2.39 bits per heavy atom. The quantitative estimate of drug-likeness (QED) is 0.715. The van der Waals surface area contributed by atoms with Gasteiger partial charge in [0.25, 0.3) is 0 Å². The lowest BCUT2D eigenvalue weighted by molar-refractivity contribution is 0.0143. The molecular weight excluding hydrogens is 232 g/mol. The van der Waals surface area contributed by atoms with Gasteiger partial charge in [0, 0.05) is 32.7 Å². The highest BCUT2D eigenvalue weighted by Gasteiger charge is 2.27. The Morgan fingerprint density at radius 1 is 1.28 bits per heavy atom. The lowest BCUT2D eigenvalue weighted by atomic mass is 10.2. The Kier molecular flexibility index (Phi) is 4.12. The maximum absolute atomic E-state index is 11.9. The number of nitrogens with zero attached hydrogens (tertiary/aromatic N) is 2. The Labute approximate surface area is 109 Å². The zero-order chi connectivity index (χ0) is 13.2. The van der Waals surface area contributed by atoms with E-state index in [1.54, 1.807) is 4.90 Å². The third-order valence-electron chi connectivity index (χ3n) is 3.19. The molecule has 2 saturated heterocycles. The van der Waals surface area contributed by atoms with Gasteiger partial charge in [0.2, 0.25) is 0 Å². The van der Waals surface area contributed by atoms with Gasteiger partial charge >= 0.3 is 6.09 Å². The van der Waals surface area contributed by atoms with Crippen LogP contribution in [0.2, 0.25) is 0 Å². The minimum atomic E-state index is -0.405. The number of ether oxygens (including phenoxy) is 2. The van der Waals surface area contributed by atoms with Gasteiger partial charge < -0.3 is 14.4 Å². The van der Waals surface area contributed by atoms with Gasteiger partial charge in [-0.25, -0.2) is 4.79 Å². The fourth-order valence-corrected chi connectivity index (χ4v) is 2.04. The van der Waals surface area contributed by atoms with Crippen molar-refractivity contribution in [3.63, 3.8) is 0 Å². The molecule has 0 aliphatic carbocycles. The summed E-state index contributed by atoms with van der Waals surface area (Å²) in [5, 5.41) is 0. The Morgan fingerprint density at radius 2 is 1.89 bits per heavy atom. The Bertz CT molecular complexity index is 289. The van der Waals surface area contributed by atoms with Crippen molar-refractivity contribution < 1.29 is 14.3 Å². The predicted molar refractivity (Wildman–Crippen MR) is 68.6 cm³/mol. The van der Waals surface area contributed by atoms with Crippen LogP contribution in [0.1, 0.15) is 27.2 Å². The molecule has 0 saturated carbocycles. The number of piperazine rings is 1. The van der Waals surface area contributed by atoms with Gasteiger partial charge in [-0.15, -0.1) is 0 Å². The monoisotopic (exact) mass is 256 g/mol. The summed E-state index contributed by atoms with van der Waals surface area (Å²) < 4.78 is 10.6. The van der Waals surface area contributed by atoms with E-state index in [1.807, 2.05) is 20.8 Å². The molecule has 2 fully saturated rings. The van der Waals surface area contributed by atoms with Gasteiger partial charge in [-0.1, -0.05) is 0 Å². The first-order valence-corrected chi connectivity index (χ1v) is 6.76. The molecule has 0 spiro atoms. The van der Waals surface area contributed by atoms with E-state index in [0.29, 0.717) is 6.10 Å². The largest absolute Gasteiger partial charge is 0.444 e. The van der Waals surface area contributed by atoms with E-state index < -0.39 is 5.60 Å². The zero-order valence-corrected chi connectivity index (χ0v) is 11.6. The van der Waals surface area contributed by atoms with Gasteiger partial charge in [-0.2, -0.15) is 0 Å². The molecule has 104 valence electrons. The van der Waals surface area contributed by atoms with Crippen LogP contribution in [0, 0.1) is 0 Å². The topological polar surface area (TPSA) is 45.3 Å². The van der Waals surface area contributed by atoms with E-state index in [-0.39, 0.29) is 6.09 Å². The fourth-order valence-electron chi connectivity index (χ4n) is 2.04. The summed E-state index contributed by atoms with van der Waals surface area (Å²) >= 11 is 0. The van der Waals surface area contributed by atoms with E-state index >= 15 is 0 Å². The number of rotatable bonds is 3. The second-order valence-electron chi connectivity index (χ2n) is 6.05. The third-order valence-corrected chi connectivity index (χ3v) is 3.19. The van der Waals surface area contributed by atoms with Crippen LogP contribution in [0.5, 0.6) is 0 Å². The summed E-state index contributed by atoms with van der Waals surface area (Å²) in [6, 6.07) is 0. The minimum Gasteiger partial charge on any atom is -0.444 e. The van der Waals surface area contributed by atoms with Crippen molar-refractivity contribution >= 4 is 6.09 Å². The molecule has 1 amide bonds. The predicted octanol–water partition coefficient (Wildman–Crippen LogP) is 1.33. The van der Waals surface area contributed by atoms with Crippen LogP contribution in [0.15, 0.2) is 0 Å². The van der Waals surface area contributed by atoms with Gasteiger partial charge in [-0.05, 0) is 27.2 Å². The van der Waals surface area contributed by atoms with Crippen molar-refractivity contribution in [2.75, 3.05) is 39.3 Å². The van der Waals surface area contributed by atoms with Crippen LogP contribution >= 0.6 is 0 Å². The maximum Gasteiger partial charge on any atom is 0.410 e. The van der Waals surface area contributed by atoms with Crippen molar-refractivity contribution in [2.45, 2.75) is 38.9 Å². The smallest absolute Gasteiger partial charge is 0.410 e. The van der Waals surface area contributed by atoms with Crippen molar-refractivity contribution in [2.24, 2.45) is 0 Å².